The number of nitrogen functional groups attached to an aromatic ring is 1. The van der Waals surface area contributed by atoms with Crippen LogP contribution in [0.4, 0.5) is 17.5 Å². The fourth-order valence-electron chi connectivity index (χ4n) is 2.08. The molecule has 5 nitrogen and oxygen atoms in total. The molecule has 0 atom stereocenters. The van der Waals surface area contributed by atoms with Crippen molar-refractivity contribution in [1.82, 2.24) is 9.97 Å². The molecule has 0 saturated carbocycles. The van der Waals surface area contributed by atoms with Crippen LogP contribution in [0.15, 0.2) is 65.3 Å². The minimum atomic E-state index is 0.481. The van der Waals surface area contributed by atoms with Crippen LogP contribution in [0.25, 0.3) is 11.1 Å². The van der Waals surface area contributed by atoms with E-state index in [0.717, 1.165) is 21.3 Å². The molecule has 0 aliphatic carbocycles. The van der Waals surface area contributed by atoms with Gasteiger partial charge in [0, 0.05) is 27.5 Å². The van der Waals surface area contributed by atoms with Gasteiger partial charge >= 0.3 is 0 Å². The van der Waals surface area contributed by atoms with Crippen molar-refractivity contribution in [1.29, 1.82) is 0 Å². The Kier molecular flexibility index (Phi) is 4.32. The van der Waals surface area contributed by atoms with Crippen LogP contribution in [0.1, 0.15) is 0 Å². The third-order valence-electron chi connectivity index (χ3n) is 3.12. The van der Waals surface area contributed by atoms with Crippen molar-refractivity contribution in [2.45, 2.75) is 0 Å². The molecule has 0 aliphatic rings. The van der Waals surface area contributed by atoms with Gasteiger partial charge in [0.1, 0.15) is 0 Å². The van der Waals surface area contributed by atoms with Gasteiger partial charge < -0.3 is 10.7 Å². The van der Waals surface area contributed by atoms with Gasteiger partial charge in [-0.3, -0.25) is 0 Å². The number of nitrogens with two attached hydrogens (primary N) is 1. The highest BCUT2D eigenvalue weighted by Crippen LogP contribution is 2.32. The summed E-state index contributed by atoms with van der Waals surface area (Å²) in [4.78, 5) is 8.79. The van der Waals surface area contributed by atoms with Gasteiger partial charge in [-0.15, -0.1) is 0 Å². The van der Waals surface area contributed by atoms with E-state index in [0.29, 0.717) is 11.8 Å². The molecule has 0 saturated heterocycles. The molecule has 6 heteroatoms. The van der Waals surface area contributed by atoms with E-state index in [1.165, 1.54) is 0 Å². The first kappa shape index (κ1) is 14.5. The Bertz CT molecular complexity index is 776. The van der Waals surface area contributed by atoms with E-state index < -0.39 is 0 Å². The molecular formula is C16H14BrN5. The SMILES string of the molecule is NNc1nc(Nc2ccccc2)ncc1-c1ccccc1Br. The van der Waals surface area contributed by atoms with Crippen molar-refractivity contribution in [2.75, 3.05) is 10.7 Å². The molecule has 3 aromatic rings. The number of nitrogens with one attached hydrogen (secondary N) is 2. The lowest BCUT2D eigenvalue weighted by Crippen LogP contribution is -2.11. The molecular weight excluding hydrogens is 342 g/mol. The molecule has 0 bridgehead atoms. The largest absolute Gasteiger partial charge is 0.324 e. The minimum absolute atomic E-state index is 0.481. The number of halogens is 1. The van der Waals surface area contributed by atoms with E-state index in [1.807, 2.05) is 54.6 Å². The van der Waals surface area contributed by atoms with Crippen molar-refractivity contribution in [3.8, 4) is 11.1 Å². The lowest BCUT2D eigenvalue weighted by molar-refractivity contribution is 1.14. The van der Waals surface area contributed by atoms with E-state index in [1.54, 1.807) is 6.20 Å². The van der Waals surface area contributed by atoms with Crippen LogP contribution in [-0.4, -0.2) is 9.97 Å². The van der Waals surface area contributed by atoms with E-state index in [-0.39, 0.29) is 0 Å². The maximum Gasteiger partial charge on any atom is 0.229 e. The predicted molar refractivity (Wildman–Crippen MR) is 92.7 cm³/mol. The molecule has 0 amide bonds. The molecule has 0 spiro atoms. The normalized spacial score (nSPS) is 10.3. The zero-order chi connectivity index (χ0) is 15.4. The molecule has 1 aromatic heterocycles. The Balaban J connectivity index is 1.96. The van der Waals surface area contributed by atoms with Crippen LogP contribution >= 0.6 is 15.9 Å². The van der Waals surface area contributed by atoms with E-state index in [4.69, 9.17) is 5.84 Å². The van der Waals surface area contributed by atoms with Crippen molar-refractivity contribution in [2.24, 2.45) is 5.84 Å². The highest BCUT2D eigenvalue weighted by atomic mass is 79.9. The second-order valence-electron chi connectivity index (χ2n) is 4.57. The first-order valence-electron chi connectivity index (χ1n) is 6.68. The van der Waals surface area contributed by atoms with Gasteiger partial charge in [0.2, 0.25) is 5.95 Å². The summed E-state index contributed by atoms with van der Waals surface area (Å²) in [7, 11) is 0. The Hall–Kier alpha value is -2.44. The number of aromatic nitrogens is 2. The van der Waals surface area contributed by atoms with Crippen LogP contribution in [-0.2, 0) is 0 Å². The van der Waals surface area contributed by atoms with E-state index >= 15 is 0 Å². The van der Waals surface area contributed by atoms with Crippen molar-refractivity contribution in [3.05, 3.63) is 65.3 Å². The lowest BCUT2D eigenvalue weighted by atomic mass is 10.1. The van der Waals surface area contributed by atoms with Crippen molar-refractivity contribution >= 4 is 33.4 Å². The number of benzene rings is 2. The summed E-state index contributed by atoms with van der Waals surface area (Å²) < 4.78 is 0.957. The second kappa shape index (κ2) is 6.55. The molecule has 0 unspecified atom stereocenters. The number of para-hydroxylation sites is 1. The maximum absolute atomic E-state index is 5.62. The zero-order valence-electron chi connectivity index (χ0n) is 11.6. The van der Waals surface area contributed by atoms with Crippen molar-refractivity contribution < 1.29 is 0 Å². The molecule has 0 radical (unpaired) electrons. The Morgan fingerprint density at radius 2 is 1.64 bits per heavy atom. The number of hydrogen-bond acceptors (Lipinski definition) is 5. The molecule has 2 aromatic carbocycles. The number of hydrazine groups is 1. The first-order valence-corrected chi connectivity index (χ1v) is 7.48. The third kappa shape index (κ3) is 3.08. The minimum Gasteiger partial charge on any atom is -0.324 e. The topological polar surface area (TPSA) is 75.9 Å². The number of nitrogens with zero attached hydrogens (tertiary/aromatic N) is 2. The van der Waals surface area contributed by atoms with E-state index in [9.17, 15) is 0 Å². The van der Waals surface area contributed by atoms with Gasteiger partial charge in [-0.25, -0.2) is 10.8 Å². The summed E-state index contributed by atoms with van der Waals surface area (Å²) in [5.74, 6) is 6.65. The molecule has 22 heavy (non-hydrogen) atoms. The number of rotatable bonds is 4. The smallest absolute Gasteiger partial charge is 0.229 e. The summed E-state index contributed by atoms with van der Waals surface area (Å²) >= 11 is 3.53. The number of hydrogen-bond donors (Lipinski definition) is 3. The van der Waals surface area contributed by atoms with Crippen LogP contribution in [0.5, 0.6) is 0 Å². The van der Waals surface area contributed by atoms with Gasteiger partial charge in [-0.1, -0.05) is 52.3 Å². The fourth-order valence-corrected chi connectivity index (χ4v) is 2.58. The Morgan fingerprint density at radius 3 is 2.36 bits per heavy atom. The van der Waals surface area contributed by atoms with Gasteiger partial charge in [-0.2, -0.15) is 4.98 Å². The Labute approximate surface area is 136 Å². The standard InChI is InChI=1S/C16H14BrN5/c17-14-9-5-4-8-12(14)13-10-19-16(21-15(13)22-18)20-11-6-2-1-3-7-11/h1-10H,18H2,(H2,19,20,21,22). The van der Waals surface area contributed by atoms with Crippen molar-refractivity contribution in [3.63, 3.8) is 0 Å². The summed E-state index contributed by atoms with van der Waals surface area (Å²) in [6.07, 6.45) is 1.74. The molecule has 1 heterocycles. The third-order valence-corrected chi connectivity index (χ3v) is 3.81. The van der Waals surface area contributed by atoms with Gasteiger partial charge in [0.15, 0.2) is 5.82 Å². The predicted octanol–water partition coefficient (Wildman–Crippen LogP) is 3.94. The molecule has 3 rings (SSSR count). The molecule has 110 valence electrons. The molecule has 4 N–H and O–H groups in total. The van der Waals surface area contributed by atoms with Crippen LogP contribution in [0.3, 0.4) is 0 Å². The first-order chi connectivity index (χ1) is 10.8. The summed E-state index contributed by atoms with van der Waals surface area (Å²) in [6.45, 7) is 0. The van der Waals surface area contributed by atoms with Gasteiger partial charge in [0.05, 0.1) is 0 Å². The highest BCUT2D eigenvalue weighted by Gasteiger charge is 2.11. The summed E-state index contributed by atoms with van der Waals surface area (Å²) in [5.41, 5.74) is 5.35. The quantitative estimate of drug-likeness (QED) is 0.488. The number of anilines is 3. The van der Waals surface area contributed by atoms with Crippen LogP contribution in [0.2, 0.25) is 0 Å². The second-order valence-corrected chi connectivity index (χ2v) is 5.43. The molecule has 0 fully saturated rings. The van der Waals surface area contributed by atoms with Crippen LogP contribution in [0, 0.1) is 0 Å². The summed E-state index contributed by atoms with van der Waals surface area (Å²) in [5, 5.41) is 3.14. The molecule has 0 aliphatic heterocycles. The highest BCUT2D eigenvalue weighted by molar-refractivity contribution is 9.10. The lowest BCUT2D eigenvalue weighted by Gasteiger charge is -2.11. The van der Waals surface area contributed by atoms with E-state index in [2.05, 4.69) is 36.6 Å². The van der Waals surface area contributed by atoms with Crippen LogP contribution < -0.4 is 16.6 Å². The fraction of sp³-hybridized carbons (Fsp3) is 0. The maximum atomic E-state index is 5.62. The average Bonchev–Trinajstić information content (AvgIpc) is 2.56. The monoisotopic (exact) mass is 355 g/mol. The zero-order valence-corrected chi connectivity index (χ0v) is 13.2. The van der Waals surface area contributed by atoms with Gasteiger partial charge in [0.25, 0.3) is 0 Å². The van der Waals surface area contributed by atoms with Gasteiger partial charge in [-0.05, 0) is 18.2 Å². The average molecular weight is 356 g/mol. The Morgan fingerprint density at radius 1 is 0.909 bits per heavy atom. The summed E-state index contributed by atoms with van der Waals surface area (Å²) in [6, 6.07) is 17.6.